The fourth-order valence-corrected chi connectivity index (χ4v) is 2.46. The predicted molar refractivity (Wildman–Crippen MR) is 75.6 cm³/mol. The van der Waals surface area contributed by atoms with Crippen LogP contribution in [0.2, 0.25) is 0 Å². The zero-order valence-corrected chi connectivity index (χ0v) is 11.8. The number of ether oxygens (including phenoxy) is 2. The molecule has 0 saturated carbocycles. The molecule has 0 atom stereocenters. The largest absolute Gasteiger partial charge is 0.490 e. The van der Waals surface area contributed by atoms with Crippen LogP contribution in [0.4, 0.5) is 0 Å². The molecule has 0 unspecified atom stereocenters. The summed E-state index contributed by atoms with van der Waals surface area (Å²) in [6.07, 6.45) is 1.59. The zero-order chi connectivity index (χ0) is 14.7. The van der Waals surface area contributed by atoms with Crippen LogP contribution >= 0.6 is 0 Å². The monoisotopic (exact) mass is 290 g/mol. The van der Waals surface area contributed by atoms with Crippen molar-refractivity contribution in [1.82, 2.24) is 10.2 Å². The average Bonchev–Trinajstić information content (AvgIpc) is 2.85. The molecular weight excluding hydrogens is 272 g/mol. The van der Waals surface area contributed by atoms with E-state index in [4.69, 9.17) is 9.47 Å². The average molecular weight is 290 g/mol. The predicted octanol–water partition coefficient (Wildman–Crippen LogP) is 0.810. The van der Waals surface area contributed by atoms with E-state index in [-0.39, 0.29) is 18.4 Å². The van der Waals surface area contributed by atoms with Crippen molar-refractivity contribution in [3.8, 4) is 11.5 Å². The van der Waals surface area contributed by atoms with Gasteiger partial charge in [0.1, 0.15) is 0 Å². The summed E-state index contributed by atoms with van der Waals surface area (Å²) in [6.45, 7) is 2.49. The molecule has 1 fully saturated rings. The van der Waals surface area contributed by atoms with Crippen LogP contribution < -0.4 is 14.8 Å². The van der Waals surface area contributed by atoms with Gasteiger partial charge in [0.25, 0.3) is 5.91 Å². The second kappa shape index (κ2) is 6.03. The number of hydrogen-bond donors (Lipinski definition) is 1. The summed E-state index contributed by atoms with van der Waals surface area (Å²) in [4.78, 5) is 25.6. The molecule has 1 aromatic rings. The van der Waals surface area contributed by atoms with Gasteiger partial charge in [0, 0.05) is 25.1 Å². The summed E-state index contributed by atoms with van der Waals surface area (Å²) in [5.74, 6) is 0.994. The Morgan fingerprint density at radius 1 is 1.14 bits per heavy atom. The Balaban J connectivity index is 1.80. The number of carbonyl (C=O) groups is 2. The van der Waals surface area contributed by atoms with Crippen molar-refractivity contribution in [2.75, 3.05) is 32.8 Å². The van der Waals surface area contributed by atoms with E-state index in [1.54, 1.807) is 23.1 Å². The molecule has 1 aromatic carbocycles. The highest BCUT2D eigenvalue weighted by molar-refractivity contribution is 5.97. The fraction of sp³-hybridized carbons (Fsp3) is 0.467. The molecule has 6 nitrogen and oxygen atoms in total. The third kappa shape index (κ3) is 3.09. The third-order valence-electron chi connectivity index (χ3n) is 3.54. The Hall–Kier alpha value is -2.24. The highest BCUT2D eigenvalue weighted by Crippen LogP contribution is 2.30. The minimum atomic E-state index is -0.150. The van der Waals surface area contributed by atoms with Crippen LogP contribution in [0, 0.1) is 0 Å². The van der Waals surface area contributed by atoms with Crippen molar-refractivity contribution in [2.45, 2.75) is 12.8 Å². The lowest BCUT2D eigenvalue weighted by Gasteiger charge is -2.19. The Morgan fingerprint density at radius 3 is 2.81 bits per heavy atom. The Labute approximate surface area is 123 Å². The van der Waals surface area contributed by atoms with Gasteiger partial charge < -0.3 is 19.7 Å². The van der Waals surface area contributed by atoms with E-state index in [2.05, 4.69) is 5.32 Å². The van der Waals surface area contributed by atoms with E-state index in [1.807, 2.05) is 0 Å². The number of amides is 2. The molecule has 3 rings (SSSR count). The van der Waals surface area contributed by atoms with Gasteiger partial charge >= 0.3 is 0 Å². The maximum absolute atomic E-state index is 12.5. The van der Waals surface area contributed by atoms with E-state index in [1.165, 1.54) is 0 Å². The van der Waals surface area contributed by atoms with Crippen LogP contribution in [0.15, 0.2) is 18.2 Å². The number of carbonyl (C=O) groups excluding carboxylic acids is 2. The molecule has 21 heavy (non-hydrogen) atoms. The van der Waals surface area contributed by atoms with Crippen molar-refractivity contribution in [3.63, 3.8) is 0 Å². The number of benzene rings is 1. The SMILES string of the molecule is O=C1CN(C(=O)c2ccc3c(c2)OCCCO3)CCCN1. The van der Waals surface area contributed by atoms with Crippen LogP contribution in [0.25, 0.3) is 0 Å². The quantitative estimate of drug-likeness (QED) is 0.831. The standard InChI is InChI=1S/C15H18N2O4/c18-14-10-17(6-1-5-16-14)15(19)11-3-4-12-13(9-11)21-8-2-7-20-12/h3-4,9H,1-2,5-8,10H2,(H,16,18). The van der Waals surface area contributed by atoms with Gasteiger partial charge in [0.15, 0.2) is 11.5 Å². The topological polar surface area (TPSA) is 67.9 Å². The molecule has 1 saturated heterocycles. The fourth-order valence-electron chi connectivity index (χ4n) is 2.46. The third-order valence-corrected chi connectivity index (χ3v) is 3.54. The molecule has 0 aromatic heterocycles. The van der Waals surface area contributed by atoms with E-state index < -0.39 is 0 Å². The zero-order valence-electron chi connectivity index (χ0n) is 11.8. The molecule has 2 aliphatic heterocycles. The first-order chi connectivity index (χ1) is 10.2. The number of nitrogens with one attached hydrogen (secondary N) is 1. The van der Waals surface area contributed by atoms with Gasteiger partial charge in [0.2, 0.25) is 5.91 Å². The molecule has 6 heteroatoms. The van der Waals surface area contributed by atoms with Gasteiger partial charge in [-0.25, -0.2) is 0 Å². The smallest absolute Gasteiger partial charge is 0.254 e. The summed E-state index contributed by atoms with van der Waals surface area (Å²) in [7, 11) is 0. The number of fused-ring (bicyclic) bond motifs is 1. The maximum Gasteiger partial charge on any atom is 0.254 e. The first kappa shape index (κ1) is 13.7. The molecule has 0 radical (unpaired) electrons. The minimum Gasteiger partial charge on any atom is -0.490 e. The number of rotatable bonds is 1. The van der Waals surface area contributed by atoms with Gasteiger partial charge in [-0.15, -0.1) is 0 Å². The van der Waals surface area contributed by atoms with Crippen molar-refractivity contribution < 1.29 is 19.1 Å². The maximum atomic E-state index is 12.5. The van der Waals surface area contributed by atoms with E-state index in [0.29, 0.717) is 43.4 Å². The van der Waals surface area contributed by atoms with Crippen molar-refractivity contribution in [2.24, 2.45) is 0 Å². The molecule has 112 valence electrons. The molecular formula is C15H18N2O4. The summed E-state index contributed by atoms with van der Waals surface area (Å²) in [5.41, 5.74) is 0.522. The number of nitrogens with zero attached hydrogens (tertiary/aromatic N) is 1. The van der Waals surface area contributed by atoms with Crippen LogP contribution in [-0.4, -0.2) is 49.6 Å². The van der Waals surface area contributed by atoms with Crippen molar-refractivity contribution in [1.29, 1.82) is 0 Å². The second-order valence-corrected chi connectivity index (χ2v) is 5.14. The first-order valence-electron chi connectivity index (χ1n) is 7.20. The van der Waals surface area contributed by atoms with Crippen LogP contribution in [0.3, 0.4) is 0 Å². The van der Waals surface area contributed by atoms with E-state index in [9.17, 15) is 9.59 Å². The highest BCUT2D eigenvalue weighted by Gasteiger charge is 2.22. The van der Waals surface area contributed by atoms with Gasteiger partial charge in [-0.1, -0.05) is 0 Å². The molecule has 2 heterocycles. The van der Waals surface area contributed by atoms with Crippen LogP contribution in [-0.2, 0) is 4.79 Å². The Bertz CT molecular complexity index is 559. The van der Waals surface area contributed by atoms with E-state index >= 15 is 0 Å². The van der Waals surface area contributed by atoms with Crippen molar-refractivity contribution in [3.05, 3.63) is 23.8 Å². The second-order valence-electron chi connectivity index (χ2n) is 5.14. The lowest BCUT2D eigenvalue weighted by Crippen LogP contribution is -2.37. The summed E-state index contributed by atoms with van der Waals surface area (Å²) < 4.78 is 11.1. The van der Waals surface area contributed by atoms with Crippen molar-refractivity contribution >= 4 is 11.8 Å². The van der Waals surface area contributed by atoms with E-state index in [0.717, 1.165) is 12.8 Å². The van der Waals surface area contributed by atoms with Gasteiger partial charge in [0.05, 0.1) is 19.8 Å². The molecule has 0 bridgehead atoms. The minimum absolute atomic E-state index is 0.104. The lowest BCUT2D eigenvalue weighted by molar-refractivity contribution is -0.121. The molecule has 0 spiro atoms. The molecule has 2 amide bonds. The molecule has 0 aliphatic carbocycles. The highest BCUT2D eigenvalue weighted by atomic mass is 16.5. The molecule has 2 aliphatic rings. The summed E-state index contributed by atoms with van der Waals surface area (Å²) in [5, 5.41) is 2.76. The number of hydrogen-bond acceptors (Lipinski definition) is 4. The van der Waals surface area contributed by atoms with Crippen LogP contribution in [0.1, 0.15) is 23.2 Å². The summed E-state index contributed by atoms with van der Waals surface area (Å²) >= 11 is 0. The summed E-state index contributed by atoms with van der Waals surface area (Å²) in [6, 6.07) is 5.18. The normalized spacial score (nSPS) is 18.5. The van der Waals surface area contributed by atoms with Gasteiger partial charge in [-0.3, -0.25) is 9.59 Å². The first-order valence-corrected chi connectivity index (χ1v) is 7.20. The lowest BCUT2D eigenvalue weighted by atomic mass is 10.1. The Morgan fingerprint density at radius 2 is 1.95 bits per heavy atom. The van der Waals surface area contributed by atoms with Gasteiger partial charge in [-0.2, -0.15) is 0 Å². The van der Waals surface area contributed by atoms with Gasteiger partial charge in [-0.05, 0) is 24.6 Å². The molecule has 1 N–H and O–H groups in total. The van der Waals surface area contributed by atoms with Crippen LogP contribution in [0.5, 0.6) is 11.5 Å². The Kier molecular flexibility index (Phi) is 3.94.